The number of carbonyl (C=O) groups excluding carboxylic acids is 2. The molecule has 9 aromatic carbocycles. The number of benzene rings is 9. The van der Waals surface area contributed by atoms with Crippen LogP contribution in [0.5, 0.6) is 0 Å². The third-order valence-corrected chi connectivity index (χ3v) is 12.4. The molecule has 6 heteroatoms. The molecule has 0 atom stereocenters. The molecule has 0 unspecified atom stereocenters. The van der Waals surface area contributed by atoms with Gasteiger partial charge in [-0.15, -0.1) is 0 Å². The van der Waals surface area contributed by atoms with Gasteiger partial charge < -0.3 is 20.9 Å². The average molecular weight is 935 g/mol. The van der Waals surface area contributed by atoms with Gasteiger partial charge in [-0.1, -0.05) is 189 Å². The van der Waals surface area contributed by atoms with Crippen molar-refractivity contribution in [2.75, 3.05) is 27.9 Å². The topological polar surface area (TPSA) is 73.5 Å². The maximum absolute atomic E-state index is 12.0. The molecule has 0 aromatic heterocycles. The summed E-state index contributed by atoms with van der Waals surface area (Å²) in [7, 11) is 1.93. The Hall–Kier alpha value is -9.52. The number of rotatable bonds is 17. The Morgan fingerprint density at radius 1 is 0.375 bits per heavy atom. The number of nitrogens with zero attached hydrogens (tertiary/aromatic N) is 1. The van der Waals surface area contributed by atoms with Gasteiger partial charge in [0.05, 0.1) is 0 Å². The van der Waals surface area contributed by atoms with Gasteiger partial charge in [0.2, 0.25) is 6.41 Å². The highest BCUT2D eigenvalue weighted by atomic mass is 16.1. The molecule has 9 aromatic rings. The van der Waals surface area contributed by atoms with Gasteiger partial charge in [0.25, 0.3) is 5.91 Å². The zero-order valence-corrected chi connectivity index (χ0v) is 40.3. The van der Waals surface area contributed by atoms with Gasteiger partial charge in [-0.2, -0.15) is 0 Å². The molecule has 0 aliphatic heterocycles. The smallest absolute Gasteiger partial charge is 0.250 e. The van der Waals surface area contributed by atoms with Crippen LogP contribution in [0.2, 0.25) is 0 Å². The van der Waals surface area contributed by atoms with Crippen molar-refractivity contribution in [2.45, 2.75) is 6.92 Å². The highest BCUT2D eigenvalue weighted by molar-refractivity contribution is 6.03. The number of amides is 2. The van der Waals surface area contributed by atoms with Crippen molar-refractivity contribution in [1.82, 2.24) is 0 Å². The lowest BCUT2D eigenvalue weighted by molar-refractivity contribution is -0.112. The van der Waals surface area contributed by atoms with E-state index < -0.39 is 0 Å². The highest BCUT2D eigenvalue weighted by Crippen LogP contribution is 2.36. The summed E-state index contributed by atoms with van der Waals surface area (Å²) in [6, 6.07) is 75.7. The van der Waals surface area contributed by atoms with Crippen molar-refractivity contribution >= 4 is 82.9 Å². The molecule has 2 amide bonds. The predicted molar refractivity (Wildman–Crippen MR) is 306 cm³/mol. The molecule has 0 spiro atoms. The zero-order valence-electron chi connectivity index (χ0n) is 40.3. The SMILES string of the molecule is C=C(C)C(=O)Nc1ccc(-c2ccc(/C=C/c3ccc(N(c4ccc(/C=C/c5ccc(-c6ccc(NC)cc6)cc5)cc4)c4ccc(/C=C/c5ccc(-c6ccc(NC=O)cc6)cc5)cc4)cc3)cc2)cc1. The molecule has 3 N–H and O–H groups in total. The molecule has 9 rings (SSSR count). The van der Waals surface area contributed by atoms with Gasteiger partial charge >= 0.3 is 0 Å². The molecular weight excluding hydrogens is 881 g/mol. The van der Waals surface area contributed by atoms with Gasteiger partial charge in [-0.05, 0) is 146 Å². The molecule has 0 radical (unpaired) electrons. The quantitative estimate of drug-likeness (QED) is 0.0483. The highest BCUT2D eigenvalue weighted by Gasteiger charge is 2.13. The number of hydrogen-bond donors (Lipinski definition) is 3. The summed E-state index contributed by atoms with van der Waals surface area (Å²) < 4.78 is 0. The van der Waals surface area contributed by atoms with E-state index in [4.69, 9.17) is 0 Å². The first-order valence-electron chi connectivity index (χ1n) is 23.9. The molecule has 72 heavy (non-hydrogen) atoms. The fraction of sp³-hybridized carbons (Fsp3) is 0.0303. The van der Waals surface area contributed by atoms with E-state index in [1.54, 1.807) is 6.92 Å². The van der Waals surface area contributed by atoms with Crippen LogP contribution in [0.25, 0.3) is 69.8 Å². The Bertz CT molecular complexity index is 3350. The molecule has 0 bridgehead atoms. The van der Waals surface area contributed by atoms with Crippen LogP contribution in [0.3, 0.4) is 0 Å². The first kappa shape index (κ1) is 47.5. The summed E-state index contributed by atoms with van der Waals surface area (Å²) in [5.74, 6) is -0.183. The van der Waals surface area contributed by atoms with Crippen LogP contribution < -0.4 is 20.9 Å². The summed E-state index contributed by atoms with van der Waals surface area (Å²) in [6.45, 7) is 5.41. The first-order valence-corrected chi connectivity index (χ1v) is 23.9. The van der Waals surface area contributed by atoms with E-state index in [-0.39, 0.29) is 5.91 Å². The molecule has 0 aliphatic carbocycles. The average Bonchev–Trinajstić information content (AvgIpc) is 3.43. The second-order valence-electron chi connectivity index (χ2n) is 17.5. The van der Waals surface area contributed by atoms with Crippen molar-refractivity contribution < 1.29 is 9.59 Å². The second kappa shape index (κ2) is 22.7. The normalized spacial score (nSPS) is 11.2. The Kier molecular flexibility index (Phi) is 15.0. The molecule has 0 heterocycles. The third kappa shape index (κ3) is 12.2. The maximum atomic E-state index is 12.0. The van der Waals surface area contributed by atoms with E-state index in [0.29, 0.717) is 12.0 Å². The van der Waals surface area contributed by atoms with Gasteiger partial charge in [-0.3, -0.25) is 9.59 Å². The molecule has 350 valence electrons. The monoisotopic (exact) mass is 934 g/mol. The van der Waals surface area contributed by atoms with Gasteiger partial charge in [-0.25, -0.2) is 0 Å². The van der Waals surface area contributed by atoms with Crippen LogP contribution in [0.4, 0.5) is 34.1 Å². The van der Waals surface area contributed by atoms with Crippen LogP contribution >= 0.6 is 0 Å². The lowest BCUT2D eigenvalue weighted by Crippen LogP contribution is -2.11. The Labute approximate surface area is 422 Å². The van der Waals surface area contributed by atoms with Crippen LogP contribution in [-0.4, -0.2) is 19.4 Å². The van der Waals surface area contributed by atoms with Crippen LogP contribution in [0.1, 0.15) is 40.3 Å². The second-order valence-corrected chi connectivity index (χ2v) is 17.5. The van der Waals surface area contributed by atoms with Crippen LogP contribution in [0.15, 0.2) is 231 Å². The van der Waals surface area contributed by atoms with E-state index in [0.717, 1.165) is 89.8 Å². The molecule has 0 saturated carbocycles. The summed E-state index contributed by atoms with van der Waals surface area (Å²) >= 11 is 0. The third-order valence-electron chi connectivity index (χ3n) is 12.4. The molecular formula is C66H54N4O2. The van der Waals surface area contributed by atoms with E-state index in [2.05, 4.69) is 234 Å². The Balaban J connectivity index is 0.910. The van der Waals surface area contributed by atoms with Gasteiger partial charge in [0.15, 0.2) is 0 Å². The number of carbonyl (C=O) groups is 2. The largest absolute Gasteiger partial charge is 0.388 e. The lowest BCUT2D eigenvalue weighted by Gasteiger charge is -2.26. The number of nitrogens with one attached hydrogen (secondary N) is 3. The zero-order chi connectivity index (χ0) is 49.7. The molecule has 0 aliphatic rings. The number of anilines is 6. The fourth-order valence-electron chi connectivity index (χ4n) is 8.23. The summed E-state index contributed by atoms with van der Waals surface area (Å²) in [6.07, 6.45) is 13.5. The van der Waals surface area contributed by atoms with E-state index in [1.807, 2.05) is 55.6 Å². The van der Waals surface area contributed by atoms with Crippen molar-refractivity contribution in [3.8, 4) is 33.4 Å². The predicted octanol–water partition coefficient (Wildman–Crippen LogP) is 16.8. The molecule has 6 nitrogen and oxygen atoms in total. The molecule has 0 saturated heterocycles. The van der Waals surface area contributed by atoms with E-state index in [1.165, 1.54) is 11.1 Å². The van der Waals surface area contributed by atoms with Crippen molar-refractivity contribution in [1.29, 1.82) is 0 Å². The molecule has 0 fully saturated rings. The lowest BCUT2D eigenvalue weighted by atomic mass is 10.0. The van der Waals surface area contributed by atoms with Crippen LogP contribution in [0, 0.1) is 0 Å². The van der Waals surface area contributed by atoms with E-state index in [9.17, 15) is 9.59 Å². The Morgan fingerprint density at radius 2 is 0.625 bits per heavy atom. The van der Waals surface area contributed by atoms with Gasteiger partial charge in [0.1, 0.15) is 0 Å². The van der Waals surface area contributed by atoms with Crippen LogP contribution in [-0.2, 0) is 9.59 Å². The van der Waals surface area contributed by atoms with E-state index >= 15 is 0 Å². The summed E-state index contributed by atoms with van der Waals surface area (Å²) in [5, 5.41) is 8.73. The summed E-state index contributed by atoms with van der Waals surface area (Å²) in [5.41, 5.74) is 19.6. The van der Waals surface area contributed by atoms with Crippen molar-refractivity contribution in [3.63, 3.8) is 0 Å². The van der Waals surface area contributed by atoms with Crippen molar-refractivity contribution in [2.24, 2.45) is 0 Å². The standard InChI is InChI=1S/C66H54N4O2/c1-47(2)66(72)69-62-38-32-59(33-39-62)56-26-14-50(15-27-56)6-9-53-20-44-65(45-21-53)70(63-40-16-51(17-41-63)7-4-48-10-22-54(23-11-48)57-28-34-60(67-3)35-29-57)64-42-18-52(19-43-64)8-5-49-12-24-55(25-13-49)58-30-36-61(37-31-58)68-46-71/h4-46,67H,1H2,2-3H3,(H,68,71)(H,69,72)/b7-4+,8-5+,9-6+. The minimum Gasteiger partial charge on any atom is -0.388 e. The summed E-state index contributed by atoms with van der Waals surface area (Å²) in [4.78, 5) is 25.1. The Morgan fingerprint density at radius 3 is 0.889 bits per heavy atom. The minimum atomic E-state index is -0.183. The first-order chi connectivity index (χ1) is 35.3. The van der Waals surface area contributed by atoms with Gasteiger partial charge in [0, 0.05) is 46.7 Å². The minimum absolute atomic E-state index is 0.183. The fourth-order valence-corrected chi connectivity index (χ4v) is 8.23. The number of hydrogen-bond acceptors (Lipinski definition) is 4. The van der Waals surface area contributed by atoms with Crippen molar-refractivity contribution in [3.05, 3.63) is 264 Å². The maximum Gasteiger partial charge on any atom is 0.250 e.